The van der Waals surface area contributed by atoms with E-state index in [2.05, 4.69) is 5.32 Å². The summed E-state index contributed by atoms with van der Waals surface area (Å²) in [7, 11) is 0. The second kappa shape index (κ2) is 6.76. The van der Waals surface area contributed by atoms with Crippen molar-refractivity contribution in [2.24, 2.45) is 0 Å². The first-order valence-electron chi connectivity index (χ1n) is 5.76. The molecule has 5 nitrogen and oxygen atoms in total. The summed E-state index contributed by atoms with van der Waals surface area (Å²) in [6.07, 6.45) is 0.831. The predicted molar refractivity (Wildman–Crippen MR) is 67.9 cm³/mol. The van der Waals surface area contributed by atoms with Gasteiger partial charge in [0.1, 0.15) is 6.61 Å². The molecule has 1 aromatic carbocycles. The number of ether oxygens (including phenoxy) is 1. The van der Waals surface area contributed by atoms with E-state index in [1.165, 1.54) is 0 Å². The monoisotopic (exact) mass is 251 g/mol. The van der Waals surface area contributed by atoms with Crippen molar-refractivity contribution in [2.75, 3.05) is 18.5 Å². The van der Waals surface area contributed by atoms with E-state index in [0.717, 1.165) is 6.42 Å². The van der Waals surface area contributed by atoms with Crippen LogP contribution in [0, 0.1) is 6.92 Å². The molecular weight excluding hydrogens is 234 g/mol. The molecule has 0 bridgehead atoms. The number of carbonyl (C=O) groups is 2. The minimum Gasteiger partial charge on any atom is -0.478 e. The maximum atomic E-state index is 11.5. The molecule has 0 fully saturated rings. The number of benzene rings is 1. The average Bonchev–Trinajstić information content (AvgIpc) is 2.28. The van der Waals surface area contributed by atoms with Crippen molar-refractivity contribution in [3.05, 3.63) is 29.3 Å². The zero-order valence-electron chi connectivity index (χ0n) is 10.5. The number of hydrogen-bond donors (Lipinski definition) is 2. The van der Waals surface area contributed by atoms with Crippen molar-refractivity contribution in [2.45, 2.75) is 20.3 Å². The van der Waals surface area contributed by atoms with Crippen LogP contribution in [0.5, 0.6) is 0 Å². The lowest BCUT2D eigenvalue weighted by molar-refractivity contribution is -0.120. The van der Waals surface area contributed by atoms with E-state index in [4.69, 9.17) is 9.84 Å². The van der Waals surface area contributed by atoms with Crippen LogP contribution in [0.15, 0.2) is 18.2 Å². The van der Waals surface area contributed by atoms with Gasteiger partial charge in [0.25, 0.3) is 0 Å². The number of hydrogen-bond acceptors (Lipinski definition) is 3. The largest absolute Gasteiger partial charge is 0.478 e. The predicted octanol–water partition coefficient (Wildman–Crippen LogP) is 2.06. The highest BCUT2D eigenvalue weighted by Crippen LogP contribution is 2.19. The maximum Gasteiger partial charge on any atom is 0.338 e. The van der Waals surface area contributed by atoms with Gasteiger partial charge in [-0.25, -0.2) is 4.79 Å². The first kappa shape index (κ1) is 14.2. The van der Waals surface area contributed by atoms with Gasteiger partial charge in [0.05, 0.1) is 11.3 Å². The molecule has 0 aromatic heterocycles. The minimum absolute atomic E-state index is 0.0686. The Kier molecular flexibility index (Phi) is 5.32. The van der Waals surface area contributed by atoms with Crippen LogP contribution in [-0.4, -0.2) is 30.2 Å². The summed E-state index contributed by atoms with van der Waals surface area (Å²) in [5.74, 6) is -1.41. The van der Waals surface area contributed by atoms with Crippen molar-refractivity contribution in [1.29, 1.82) is 0 Å². The molecule has 0 saturated carbocycles. The van der Waals surface area contributed by atoms with Gasteiger partial charge in [0, 0.05) is 6.61 Å². The van der Waals surface area contributed by atoms with Crippen LogP contribution in [0.25, 0.3) is 0 Å². The second-order valence-electron chi connectivity index (χ2n) is 3.90. The number of aryl methyl sites for hydroxylation is 1. The fraction of sp³-hybridized carbons (Fsp3) is 0.385. The number of carbonyl (C=O) groups excluding carboxylic acids is 1. The zero-order valence-corrected chi connectivity index (χ0v) is 10.5. The Hall–Kier alpha value is -1.88. The molecule has 0 spiro atoms. The number of anilines is 1. The van der Waals surface area contributed by atoms with Gasteiger partial charge in [-0.05, 0) is 25.0 Å². The Morgan fingerprint density at radius 1 is 1.39 bits per heavy atom. The van der Waals surface area contributed by atoms with Crippen molar-refractivity contribution < 1.29 is 19.4 Å². The molecule has 5 heteroatoms. The topological polar surface area (TPSA) is 75.6 Å². The van der Waals surface area contributed by atoms with Gasteiger partial charge < -0.3 is 15.2 Å². The molecule has 0 radical (unpaired) electrons. The zero-order chi connectivity index (χ0) is 13.5. The third-order valence-electron chi connectivity index (χ3n) is 2.34. The molecular formula is C13H17NO4. The normalized spacial score (nSPS) is 10.1. The summed E-state index contributed by atoms with van der Waals surface area (Å²) in [6, 6.07) is 4.95. The Bertz CT molecular complexity index is 443. The molecule has 0 aliphatic carbocycles. The molecule has 1 aromatic rings. The first-order chi connectivity index (χ1) is 8.56. The lowest BCUT2D eigenvalue weighted by Crippen LogP contribution is -2.20. The third-order valence-corrected chi connectivity index (χ3v) is 2.34. The molecule has 2 N–H and O–H groups in total. The van der Waals surface area contributed by atoms with Crippen LogP contribution in [0.2, 0.25) is 0 Å². The number of amides is 1. The fourth-order valence-corrected chi connectivity index (χ4v) is 1.55. The third kappa shape index (κ3) is 3.85. The molecule has 0 heterocycles. The molecule has 0 saturated heterocycles. The number of rotatable bonds is 6. The van der Waals surface area contributed by atoms with Gasteiger partial charge >= 0.3 is 5.97 Å². The van der Waals surface area contributed by atoms with Crippen molar-refractivity contribution in [3.63, 3.8) is 0 Å². The van der Waals surface area contributed by atoms with Gasteiger partial charge in [0.2, 0.25) is 5.91 Å². The highest BCUT2D eigenvalue weighted by Gasteiger charge is 2.14. The van der Waals surface area contributed by atoms with Gasteiger partial charge in [0.15, 0.2) is 0 Å². The second-order valence-corrected chi connectivity index (χ2v) is 3.90. The summed E-state index contributed by atoms with van der Waals surface area (Å²) >= 11 is 0. The Labute approximate surface area is 106 Å². The number of aromatic carboxylic acids is 1. The van der Waals surface area contributed by atoms with Crippen molar-refractivity contribution in [3.8, 4) is 0 Å². The van der Waals surface area contributed by atoms with Crippen molar-refractivity contribution in [1.82, 2.24) is 0 Å². The molecule has 0 aliphatic heterocycles. The number of nitrogens with one attached hydrogen (secondary N) is 1. The Morgan fingerprint density at radius 3 is 2.72 bits per heavy atom. The van der Waals surface area contributed by atoms with E-state index in [9.17, 15) is 9.59 Å². The standard InChI is InChI=1S/C13H17NO4/c1-3-7-18-8-11(15)14-10-6-4-5-9(2)12(10)13(16)17/h4-6H,3,7-8H2,1-2H3,(H,14,15)(H,16,17). The van der Waals surface area contributed by atoms with E-state index in [1.807, 2.05) is 6.92 Å². The Balaban J connectivity index is 2.75. The van der Waals surface area contributed by atoms with Gasteiger partial charge in [-0.15, -0.1) is 0 Å². The SMILES string of the molecule is CCCOCC(=O)Nc1cccc(C)c1C(=O)O. The molecule has 18 heavy (non-hydrogen) atoms. The van der Waals surface area contributed by atoms with Gasteiger partial charge in [-0.2, -0.15) is 0 Å². The van der Waals surface area contributed by atoms with Crippen LogP contribution >= 0.6 is 0 Å². The van der Waals surface area contributed by atoms with E-state index in [0.29, 0.717) is 17.9 Å². The van der Waals surface area contributed by atoms with Crippen LogP contribution in [0.3, 0.4) is 0 Å². The molecule has 98 valence electrons. The first-order valence-corrected chi connectivity index (χ1v) is 5.76. The van der Waals surface area contributed by atoms with E-state index < -0.39 is 5.97 Å². The molecule has 1 rings (SSSR count). The van der Waals surface area contributed by atoms with Crippen molar-refractivity contribution >= 4 is 17.6 Å². The summed E-state index contributed by atoms with van der Waals surface area (Å²) in [5, 5.41) is 11.6. The highest BCUT2D eigenvalue weighted by atomic mass is 16.5. The van der Waals surface area contributed by atoms with Crippen LogP contribution < -0.4 is 5.32 Å². The maximum absolute atomic E-state index is 11.5. The molecule has 0 unspecified atom stereocenters. The van der Waals surface area contributed by atoms with Crippen LogP contribution in [-0.2, 0) is 9.53 Å². The number of carboxylic acids is 1. The summed E-state index contributed by atoms with van der Waals surface area (Å²) in [5.41, 5.74) is 1.02. The molecule has 1 amide bonds. The van der Waals surface area contributed by atoms with Gasteiger partial charge in [-0.3, -0.25) is 4.79 Å². The molecule has 0 atom stereocenters. The lowest BCUT2D eigenvalue weighted by Gasteiger charge is -2.10. The average molecular weight is 251 g/mol. The summed E-state index contributed by atoms with van der Waals surface area (Å²) in [6.45, 7) is 4.07. The van der Waals surface area contributed by atoms with Crippen LogP contribution in [0.1, 0.15) is 29.3 Å². The van der Waals surface area contributed by atoms with E-state index in [-0.39, 0.29) is 18.1 Å². The Morgan fingerprint density at radius 2 is 2.11 bits per heavy atom. The minimum atomic E-state index is -1.06. The summed E-state index contributed by atoms with van der Waals surface area (Å²) < 4.78 is 5.09. The van der Waals surface area contributed by atoms with Gasteiger partial charge in [-0.1, -0.05) is 19.1 Å². The summed E-state index contributed by atoms with van der Waals surface area (Å²) in [4.78, 5) is 22.6. The fourth-order valence-electron chi connectivity index (χ4n) is 1.55. The van der Waals surface area contributed by atoms with E-state index >= 15 is 0 Å². The highest BCUT2D eigenvalue weighted by molar-refractivity contribution is 6.01. The lowest BCUT2D eigenvalue weighted by atomic mass is 10.1. The van der Waals surface area contributed by atoms with E-state index in [1.54, 1.807) is 25.1 Å². The van der Waals surface area contributed by atoms with Crippen LogP contribution in [0.4, 0.5) is 5.69 Å². The number of carboxylic acid groups (broad SMARTS) is 1. The smallest absolute Gasteiger partial charge is 0.338 e. The quantitative estimate of drug-likeness (QED) is 0.759. The molecule has 0 aliphatic rings.